The van der Waals surface area contributed by atoms with Crippen LogP contribution in [-0.2, 0) is 14.0 Å². The zero-order valence-corrected chi connectivity index (χ0v) is 11.6. The molecule has 0 aliphatic carbocycles. The van der Waals surface area contributed by atoms with Gasteiger partial charge in [-0.25, -0.2) is 0 Å². The summed E-state index contributed by atoms with van der Waals surface area (Å²) in [6.07, 6.45) is 0. The first-order valence-corrected chi connectivity index (χ1v) is 6.11. The van der Waals surface area contributed by atoms with Gasteiger partial charge in [-0.2, -0.15) is 0 Å². The number of rotatable bonds is 2. The second-order valence-corrected chi connectivity index (χ2v) is 5.73. The highest BCUT2D eigenvalue weighted by atomic mass is 16.8. The van der Waals surface area contributed by atoms with Gasteiger partial charge in [0.1, 0.15) is 5.75 Å². The van der Waals surface area contributed by atoms with Gasteiger partial charge in [0.05, 0.1) is 0 Å². The van der Waals surface area contributed by atoms with E-state index in [1.54, 1.807) is 31.4 Å². The second-order valence-electron chi connectivity index (χ2n) is 5.73. The van der Waals surface area contributed by atoms with E-state index >= 15 is 0 Å². The molecule has 0 unspecified atom stereocenters. The Morgan fingerprint density at radius 3 is 1.83 bits per heavy atom. The molecule has 0 amide bonds. The summed E-state index contributed by atoms with van der Waals surface area (Å²) in [4.78, 5) is 0. The third kappa shape index (κ3) is 1.92. The third-order valence-electron chi connectivity index (χ3n) is 3.96. The van der Waals surface area contributed by atoms with E-state index in [0.29, 0.717) is 0 Å². The lowest BCUT2D eigenvalue weighted by molar-refractivity contribution is 0.00578. The van der Waals surface area contributed by atoms with Crippen molar-refractivity contribution in [3.05, 3.63) is 24.3 Å². The summed E-state index contributed by atoms with van der Waals surface area (Å²) in [5, 5.41) is 9.35. The number of phenols is 1. The van der Waals surface area contributed by atoms with Crippen LogP contribution in [-0.4, -0.2) is 30.2 Å². The van der Waals surface area contributed by atoms with Gasteiger partial charge in [0.2, 0.25) is 0 Å². The fraction of sp³-hybridized carbons (Fsp3) is 0.538. The third-order valence-corrected chi connectivity index (χ3v) is 3.96. The van der Waals surface area contributed by atoms with Gasteiger partial charge < -0.3 is 19.1 Å². The fourth-order valence-corrected chi connectivity index (χ4v) is 2.16. The van der Waals surface area contributed by atoms with E-state index < -0.39 is 18.0 Å². The molecule has 0 spiro atoms. The van der Waals surface area contributed by atoms with Crippen LogP contribution in [0.1, 0.15) is 27.7 Å². The molecule has 1 aromatic rings. The maximum Gasteiger partial charge on any atom is 0.410 e. The summed E-state index contributed by atoms with van der Waals surface area (Å²) in [7, 11) is 1.57. The summed E-state index contributed by atoms with van der Waals surface area (Å²) >= 11 is 0. The zero-order valence-electron chi connectivity index (χ0n) is 11.6. The minimum atomic E-state index is -1.97. The highest BCUT2D eigenvalue weighted by molar-refractivity contribution is 6.76. The number of hydrogen-bond donors (Lipinski definition) is 1. The maximum atomic E-state index is 9.35. The fourth-order valence-electron chi connectivity index (χ4n) is 2.16. The quantitative estimate of drug-likeness (QED) is 0.814. The van der Waals surface area contributed by atoms with Crippen LogP contribution in [0.4, 0.5) is 0 Å². The molecule has 2 rings (SSSR count). The first-order chi connectivity index (χ1) is 8.22. The predicted octanol–water partition coefficient (Wildman–Crippen LogP) is 1.79. The second kappa shape index (κ2) is 3.98. The molecule has 1 aromatic carbocycles. The molecule has 5 heteroatoms. The molecule has 100 valence electrons. The Hall–Kier alpha value is -1.04. The molecule has 1 aliphatic rings. The Bertz CT molecular complexity index is 423. The molecule has 4 nitrogen and oxygen atoms in total. The number of aromatic hydroxyl groups is 1. The maximum absolute atomic E-state index is 9.35. The Labute approximate surface area is 108 Å². The van der Waals surface area contributed by atoms with Crippen molar-refractivity contribution < 1.29 is 19.1 Å². The summed E-state index contributed by atoms with van der Waals surface area (Å²) in [6, 6.07) is 6.72. The molecule has 1 heterocycles. The van der Waals surface area contributed by atoms with Crippen LogP contribution in [0.15, 0.2) is 24.3 Å². The summed E-state index contributed by atoms with van der Waals surface area (Å²) < 4.78 is 17.7. The summed E-state index contributed by atoms with van der Waals surface area (Å²) in [5.74, 6) is 0.206. The van der Waals surface area contributed by atoms with Crippen molar-refractivity contribution in [3.8, 4) is 5.75 Å². The molecular formula is C13H20BO4-. The number of phenolic OH excluding ortho intramolecular Hbond substituents is 1. The van der Waals surface area contributed by atoms with Gasteiger partial charge in [-0.1, -0.05) is 12.1 Å². The number of hydrogen-bond acceptors (Lipinski definition) is 4. The SMILES string of the molecule is CO[B-]1(c2ccc(O)cc2)OC(C)(C)C(C)(C)O1. The van der Waals surface area contributed by atoms with Crippen LogP contribution in [0.25, 0.3) is 0 Å². The van der Waals surface area contributed by atoms with Crippen LogP contribution < -0.4 is 5.46 Å². The van der Waals surface area contributed by atoms with Gasteiger partial charge in [-0.15, -0.1) is 5.46 Å². The molecule has 1 aliphatic heterocycles. The van der Waals surface area contributed by atoms with Gasteiger partial charge >= 0.3 is 6.75 Å². The minimum absolute atomic E-state index is 0.206. The van der Waals surface area contributed by atoms with Crippen molar-refractivity contribution >= 4 is 12.2 Å². The van der Waals surface area contributed by atoms with Crippen LogP contribution in [0, 0.1) is 0 Å². The molecule has 0 aromatic heterocycles. The van der Waals surface area contributed by atoms with Gasteiger partial charge in [0.15, 0.2) is 0 Å². The summed E-state index contributed by atoms with van der Waals surface area (Å²) in [6.45, 7) is 5.96. The molecular weight excluding hydrogens is 231 g/mol. The number of benzene rings is 1. The van der Waals surface area contributed by atoms with E-state index in [4.69, 9.17) is 14.0 Å². The van der Waals surface area contributed by atoms with Crippen molar-refractivity contribution in [2.75, 3.05) is 7.11 Å². The van der Waals surface area contributed by atoms with Crippen LogP contribution >= 0.6 is 0 Å². The van der Waals surface area contributed by atoms with E-state index in [2.05, 4.69) is 0 Å². The zero-order chi connectivity index (χ0) is 13.6. The standard InChI is InChI=1S/C13H20BO4/c1-12(2)13(3,4)18-14(16-5,17-12)10-6-8-11(15)9-7-10/h6-9,15H,1-5H3/q-1. The predicted molar refractivity (Wildman–Crippen MR) is 70.8 cm³/mol. The lowest BCUT2D eigenvalue weighted by atomic mass is 9.69. The van der Waals surface area contributed by atoms with Crippen molar-refractivity contribution in [1.29, 1.82) is 0 Å². The molecule has 1 saturated heterocycles. The molecule has 0 radical (unpaired) electrons. The highest BCUT2D eigenvalue weighted by Gasteiger charge is 2.53. The average Bonchev–Trinajstić information content (AvgIpc) is 2.46. The van der Waals surface area contributed by atoms with E-state index in [-0.39, 0.29) is 5.75 Å². The Kier molecular flexibility index (Phi) is 2.96. The van der Waals surface area contributed by atoms with Crippen molar-refractivity contribution in [3.63, 3.8) is 0 Å². The van der Waals surface area contributed by atoms with Crippen LogP contribution in [0.3, 0.4) is 0 Å². The smallest absolute Gasteiger partial charge is 0.410 e. The molecule has 1 N–H and O–H groups in total. The first kappa shape index (κ1) is 13.4. The lowest BCUT2D eigenvalue weighted by Crippen LogP contribution is -2.53. The van der Waals surface area contributed by atoms with Crippen molar-refractivity contribution in [2.24, 2.45) is 0 Å². The van der Waals surface area contributed by atoms with Gasteiger partial charge in [-0.05, 0) is 46.9 Å². The molecule has 18 heavy (non-hydrogen) atoms. The van der Waals surface area contributed by atoms with Gasteiger partial charge in [0, 0.05) is 11.2 Å². The van der Waals surface area contributed by atoms with Crippen LogP contribution in [0.2, 0.25) is 0 Å². The Morgan fingerprint density at radius 1 is 1.00 bits per heavy atom. The first-order valence-electron chi connectivity index (χ1n) is 6.11. The Balaban J connectivity index is 2.43. The topological polar surface area (TPSA) is 47.9 Å². The highest BCUT2D eigenvalue weighted by Crippen LogP contribution is 2.41. The average molecular weight is 251 g/mol. The van der Waals surface area contributed by atoms with Crippen molar-refractivity contribution in [1.82, 2.24) is 0 Å². The van der Waals surface area contributed by atoms with Crippen molar-refractivity contribution in [2.45, 2.75) is 38.9 Å². The molecule has 0 atom stereocenters. The van der Waals surface area contributed by atoms with E-state index in [0.717, 1.165) is 5.46 Å². The summed E-state index contributed by atoms with van der Waals surface area (Å²) in [5.41, 5.74) is -0.129. The van der Waals surface area contributed by atoms with E-state index in [9.17, 15) is 5.11 Å². The monoisotopic (exact) mass is 251 g/mol. The van der Waals surface area contributed by atoms with E-state index in [1.807, 2.05) is 27.7 Å². The van der Waals surface area contributed by atoms with Gasteiger partial charge in [0.25, 0.3) is 0 Å². The largest absolute Gasteiger partial charge is 0.543 e. The lowest BCUT2D eigenvalue weighted by Gasteiger charge is -2.36. The van der Waals surface area contributed by atoms with Gasteiger partial charge in [-0.3, -0.25) is 0 Å². The molecule has 0 saturated carbocycles. The Morgan fingerprint density at radius 2 is 1.44 bits per heavy atom. The molecule has 0 bridgehead atoms. The minimum Gasteiger partial charge on any atom is -0.543 e. The van der Waals surface area contributed by atoms with E-state index in [1.165, 1.54) is 0 Å². The molecule has 1 fully saturated rings. The van der Waals surface area contributed by atoms with Crippen LogP contribution in [0.5, 0.6) is 5.75 Å². The normalized spacial score (nSPS) is 24.1.